The summed E-state index contributed by atoms with van der Waals surface area (Å²) in [4.78, 5) is 26.0. The summed E-state index contributed by atoms with van der Waals surface area (Å²) in [7, 11) is 0. The number of anilines is 1. The van der Waals surface area contributed by atoms with E-state index in [0.717, 1.165) is 11.1 Å². The lowest BCUT2D eigenvalue weighted by Crippen LogP contribution is -2.38. The Morgan fingerprint density at radius 2 is 1.83 bits per heavy atom. The summed E-state index contributed by atoms with van der Waals surface area (Å²) in [6.07, 6.45) is 0.137. The van der Waals surface area contributed by atoms with Gasteiger partial charge in [-0.1, -0.05) is 41.4 Å². The Balaban J connectivity index is 1.71. The van der Waals surface area contributed by atoms with Gasteiger partial charge in [0.2, 0.25) is 5.91 Å². The van der Waals surface area contributed by atoms with Crippen LogP contribution in [0.1, 0.15) is 17.5 Å². The summed E-state index contributed by atoms with van der Waals surface area (Å²) in [6.45, 7) is 2.36. The van der Waals surface area contributed by atoms with E-state index in [1.54, 1.807) is 30.3 Å². The van der Waals surface area contributed by atoms with Gasteiger partial charge >= 0.3 is 0 Å². The number of hydrogen-bond acceptors (Lipinski definition) is 3. The molecule has 0 aromatic heterocycles. The predicted octanol–water partition coefficient (Wildman–Crippen LogP) is 3.72. The van der Waals surface area contributed by atoms with Crippen molar-refractivity contribution in [3.05, 3.63) is 63.6 Å². The molecular formula is C18H16Cl2N2O2. The Labute approximate surface area is 150 Å². The number of benzene rings is 2. The van der Waals surface area contributed by atoms with Crippen molar-refractivity contribution in [1.82, 2.24) is 5.32 Å². The molecule has 1 fully saturated rings. The monoisotopic (exact) mass is 362 g/mol. The third-order valence-electron chi connectivity index (χ3n) is 4.03. The van der Waals surface area contributed by atoms with Gasteiger partial charge in [0.05, 0.1) is 18.2 Å². The number of amides is 2. The molecule has 2 aromatic carbocycles. The van der Waals surface area contributed by atoms with E-state index in [1.807, 2.05) is 19.1 Å². The fourth-order valence-corrected chi connectivity index (χ4v) is 2.93. The number of carbonyl (C=O) groups excluding carboxylic acids is 2. The maximum absolute atomic E-state index is 12.6. The van der Waals surface area contributed by atoms with Crippen LogP contribution in [0.15, 0.2) is 42.5 Å². The van der Waals surface area contributed by atoms with Crippen molar-refractivity contribution in [3.63, 3.8) is 0 Å². The van der Waals surface area contributed by atoms with Crippen LogP contribution in [0, 0.1) is 6.92 Å². The first-order chi connectivity index (χ1) is 11.5. The second-order valence-corrected chi connectivity index (χ2v) is 6.61. The average molecular weight is 363 g/mol. The maximum Gasteiger partial charge on any atom is 0.251 e. The molecule has 124 valence electrons. The second kappa shape index (κ2) is 6.93. The minimum Gasteiger partial charge on any atom is -0.301 e. The van der Waals surface area contributed by atoms with Crippen molar-refractivity contribution >= 4 is 40.7 Å². The molecule has 1 aliphatic heterocycles. The second-order valence-electron chi connectivity index (χ2n) is 5.76. The first-order valence-corrected chi connectivity index (χ1v) is 8.32. The van der Waals surface area contributed by atoms with Crippen LogP contribution < -0.4 is 10.2 Å². The molecule has 0 saturated carbocycles. The maximum atomic E-state index is 12.6. The van der Waals surface area contributed by atoms with Gasteiger partial charge in [-0.2, -0.15) is 0 Å². The minimum atomic E-state index is -0.534. The zero-order chi connectivity index (χ0) is 17.3. The number of nitrogens with zero attached hydrogens (tertiary/aromatic N) is 1. The third kappa shape index (κ3) is 3.46. The summed E-state index contributed by atoms with van der Waals surface area (Å²) in [6, 6.07) is 12.0. The van der Waals surface area contributed by atoms with Gasteiger partial charge in [0.1, 0.15) is 0 Å². The van der Waals surface area contributed by atoms with Gasteiger partial charge in [-0.25, -0.2) is 4.90 Å². The van der Waals surface area contributed by atoms with Crippen molar-refractivity contribution in [2.24, 2.45) is 0 Å². The Kier molecular flexibility index (Phi) is 4.90. The van der Waals surface area contributed by atoms with Crippen LogP contribution in [0.25, 0.3) is 0 Å². The van der Waals surface area contributed by atoms with Gasteiger partial charge < -0.3 is 5.32 Å². The van der Waals surface area contributed by atoms with Crippen LogP contribution >= 0.6 is 23.2 Å². The fraction of sp³-hybridized carbons (Fsp3) is 0.222. The van der Waals surface area contributed by atoms with Crippen molar-refractivity contribution in [2.45, 2.75) is 25.9 Å². The molecule has 3 rings (SSSR count). The van der Waals surface area contributed by atoms with E-state index in [-0.39, 0.29) is 18.2 Å². The zero-order valence-corrected chi connectivity index (χ0v) is 14.6. The fourth-order valence-electron chi connectivity index (χ4n) is 2.63. The Bertz CT molecular complexity index is 790. The quantitative estimate of drug-likeness (QED) is 0.843. The lowest BCUT2D eigenvalue weighted by Gasteiger charge is -2.16. The highest BCUT2D eigenvalue weighted by Gasteiger charge is 2.39. The molecular weight excluding hydrogens is 347 g/mol. The highest BCUT2D eigenvalue weighted by molar-refractivity contribution is 6.32. The van der Waals surface area contributed by atoms with E-state index >= 15 is 0 Å². The first kappa shape index (κ1) is 17.0. The topological polar surface area (TPSA) is 49.4 Å². The Morgan fingerprint density at radius 1 is 1.12 bits per heavy atom. The summed E-state index contributed by atoms with van der Waals surface area (Å²) in [5.74, 6) is -0.484. The summed E-state index contributed by atoms with van der Waals surface area (Å²) in [5, 5.41) is 4.33. The predicted molar refractivity (Wildman–Crippen MR) is 95.4 cm³/mol. The Hall–Kier alpha value is -1.88. The largest absolute Gasteiger partial charge is 0.301 e. The van der Waals surface area contributed by atoms with Gasteiger partial charge in [-0.15, -0.1) is 0 Å². The number of hydrogen-bond donors (Lipinski definition) is 1. The molecule has 2 aromatic rings. The third-order valence-corrected chi connectivity index (χ3v) is 4.69. The average Bonchev–Trinajstić information content (AvgIpc) is 2.84. The number of imide groups is 1. The molecule has 1 atom stereocenters. The van der Waals surface area contributed by atoms with E-state index in [1.165, 1.54) is 4.90 Å². The number of halogens is 2. The standard InChI is InChI=1S/C18H16Cl2N2O2/c1-11-2-7-14(8-15(11)20)22-17(23)9-16(18(22)24)21-10-12-3-5-13(19)6-4-12/h2-8,16,21H,9-10H2,1H3/t16-/m1/s1. The summed E-state index contributed by atoms with van der Waals surface area (Å²) >= 11 is 12.0. The molecule has 2 amide bonds. The zero-order valence-electron chi connectivity index (χ0n) is 13.1. The molecule has 1 aliphatic rings. The lowest BCUT2D eigenvalue weighted by atomic mass is 10.2. The van der Waals surface area contributed by atoms with E-state index in [2.05, 4.69) is 5.32 Å². The van der Waals surface area contributed by atoms with Crippen molar-refractivity contribution in [3.8, 4) is 0 Å². The minimum absolute atomic E-state index is 0.137. The smallest absolute Gasteiger partial charge is 0.251 e. The van der Waals surface area contributed by atoms with Crippen LogP contribution in [0.5, 0.6) is 0 Å². The van der Waals surface area contributed by atoms with Crippen molar-refractivity contribution in [1.29, 1.82) is 0 Å². The SMILES string of the molecule is Cc1ccc(N2C(=O)C[C@@H](NCc3ccc(Cl)cc3)C2=O)cc1Cl. The molecule has 24 heavy (non-hydrogen) atoms. The molecule has 0 aliphatic carbocycles. The number of aryl methyl sites for hydroxylation is 1. The van der Waals surface area contributed by atoms with Crippen LogP contribution in [0.4, 0.5) is 5.69 Å². The van der Waals surface area contributed by atoms with Crippen LogP contribution in [-0.4, -0.2) is 17.9 Å². The van der Waals surface area contributed by atoms with Crippen LogP contribution in [-0.2, 0) is 16.1 Å². The highest BCUT2D eigenvalue weighted by Crippen LogP contribution is 2.27. The normalized spacial score (nSPS) is 17.6. The highest BCUT2D eigenvalue weighted by atomic mass is 35.5. The lowest BCUT2D eigenvalue weighted by molar-refractivity contribution is -0.121. The van der Waals surface area contributed by atoms with Gasteiger partial charge in [-0.3, -0.25) is 9.59 Å². The molecule has 0 radical (unpaired) electrons. The van der Waals surface area contributed by atoms with Gasteiger partial charge in [-0.05, 0) is 42.3 Å². The number of carbonyl (C=O) groups is 2. The number of nitrogens with one attached hydrogen (secondary N) is 1. The molecule has 6 heteroatoms. The molecule has 4 nitrogen and oxygen atoms in total. The van der Waals surface area contributed by atoms with Crippen LogP contribution in [0.3, 0.4) is 0 Å². The molecule has 0 unspecified atom stereocenters. The number of rotatable bonds is 4. The molecule has 1 N–H and O–H groups in total. The van der Waals surface area contributed by atoms with Crippen molar-refractivity contribution < 1.29 is 9.59 Å². The van der Waals surface area contributed by atoms with E-state index in [9.17, 15) is 9.59 Å². The van der Waals surface area contributed by atoms with Gasteiger partial charge in [0, 0.05) is 16.6 Å². The molecule has 1 heterocycles. The molecule has 1 saturated heterocycles. The van der Waals surface area contributed by atoms with Crippen molar-refractivity contribution in [2.75, 3.05) is 4.90 Å². The van der Waals surface area contributed by atoms with E-state index < -0.39 is 6.04 Å². The summed E-state index contributed by atoms with van der Waals surface area (Å²) < 4.78 is 0. The first-order valence-electron chi connectivity index (χ1n) is 7.56. The van der Waals surface area contributed by atoms with Gasteiger partial charge in [0.15, 0.2) is 0 Å². The van der Waals surface area contributed by atoms with Crippen LogP contribution in [0.2, 0.25) is 10.0 Å². The van der Waals surface area contributed by atoms with E-state index in [4.69, 9.17) is 23.2 Å². The summed E-state index contributed by atoms with van der Waals surface area (Å²) in [5.41, 5.74) is 2.41. The molecule has 0 spiro atoms. The van der Waals surface area contributed by atoms with Gasteiger partial charge in [0.25, 0.3) is 5.91 Å². The Morgan fingerprint density at radius 3 is 2.50 bits per heavy atom. The van der Waals surface area contributed by atoms with E-state index in [0.29, 0.717) is 22.3 Å². The molecule has 0 bridgehead atoms.